The molecule has 1 heterocycles. The number of ether oxygens (including phenoxy) is 1. The molecule has 0 fully saturated rings. The highest BCUT2D eigenvalue weighted by molar-refractivity contribution is 6.34. The molecule has 0 bridgehead atoms. The summed E-state index contributed by atoms with van der Waals surface area (Å²) in [4.78, 5) is 27.2. The van der Waals surface area contributed by atoms with Crippen LogP contribution in [-0.4, -0.2) is 23.5 Å². The molecule has 0 radical (unpaired) electrons. The van der Waals surface area contributed by atoms with Gasteiger partial charge < -0.3 is 15.0 Å². The van der Waals surface area contributed by atoms with Crippen LogP contribution in [0.5, 0.6) is 0 Å². The van der Waals surface area contributed by atoms with Gasteiger partial charge in [-0.25, -0.2) is 9.18 Å². The number of anilines is 1. The summed E-state index contributed by atoms with van der Waals surface area (Å²) in [5.74, 6) is -1.46. The van der Waals surface area contributed by atoms with Crippen LogP contribution in [0.2, 0.25) is 5.02 Å². The van der Waals surface area contributed by atoms with Crippen LogP contribution in [-0.2, 0) is 4.74 Å². The maximum absolute atomic E-state index is 13.0. The number of amides is 1. The van der Waals surface area contributed by atoms with Crippen LogP contribution in [0.15, 0.2) is 18.2 Å². The van der Waals surface area contributed by atoms with E-state index in [4.69, 9.17) is 16.3 Å². The van der Waals surface area contributed by atoms with Gasteiger partial charge in [0.25, 0.3) is 5.91 Å². The Balaban J connectivity index is 2.31. The largest absolute Gasteiger partial charge is 0.461 e. The van der Waals surface area contributed by atoms with Gasteiger partial charge in [-0.3, -0.25) is 4.79 Å². The van der Waals surface area contributed by atoms with Crippen LogP contribution in [0.4, 0.5) is 10.1 Å². The molecule has 2 rings (SSSR count). The molecule has 5 nitrogen and oxygen atoms in total. The maximum atomic E-state index is 13.0. The van der Waals surface area contributed by atoms with Crippen LogP contribution in [0.1, 0.15) is 39.0 Å². The van der Waals surface area contributed by atoms with Gasteiger partial charge in [0.15, 0.2) is 0 Å². The van der Waals surface area contributed by atoms with Crippen molar-refractivity contribution in [1.29, 1.82) is 0 Å². The molecular weight excluding hydrogens is 323 g/mol. The zero-order chi connectivity index (χ0) is 17.1. The minimum absolute atomic E-state index is 0.0924. The number of nitrogens with one attached hydrogen (secondary N) is 2. The lowest BCUT2D eigenvalue weighted by Gasteiger charge is -2.08. The van der Waals surface area contributed by atoms with Crippen LogP contribution < -0.4 is 5.32 Å². The Bertz CT molecular complexity index is 771. The highest BCUT2D eigenvalue weighted by Gasteiger charge is 2.23. The van der Waals surface area contributed by atoms with Crippen molar-refractivity contribution in [2.24, 2.45) is 0 Å². The Morgan fingerprint density at radius 1 is 1.35 bits per heavy atom. The van der Waals surface area contributed by atoms with Crippen molar-refractivity contribution in [2.45, 2.75) is 20.8 Å². The zero-order valence-corrected chi connectivity index (χ0v) is 13.7. The van der Waals surface area contributed by atoms with Gasteiger partial charge in [0.1, 0.15) is 11.5 Å². The Hall–Kier alpha value is -2.34. The number of benzene rings is 1. The molecule has 0 unspecified atom stereocenters. The van der Waals surface area contributed by atoms with E-state index in [0.29, 0.717) is 16.8 Å². The number of halogens is 2. The van der Waals surface area contributed by atoms with Crippen molar-refractivity contribution in [3.8, 4) is 0 Å². The van der Waals surface area contributed by atoms with E-state index in [2.05, 4.69) is 10.3 Å². The van der Waals surface area contributed by atoms with Crippen molar-refractivity contribution in [1.82, 2.24) is 4.98 Å². The molecule has 1 aromatic carbocycles. The first-order chi connectivity index (χ1) is 10.8. The second kappa shape index (κ2) is 6.83. The Morgan fingerprint density at radius 2 is 2.04 bits per heavy atom. The first-order valence-electron chi connectivity index (χ1n) is 6.97. The van der Waals surface area contributed by atoms with Gasteiger partial charge in [-0.1, -0.05) is 11.6 Å². The molecule has 0 spiro atoms. The van der Waals surface area contributed by atoms with Crippen LogP contribution in [0.25, 0.3) is 0 Å². The highest BCUT2D eigenvalue weighted by atomic mass is 35.5. The monoisotopic (exact) mass is 338 g/mol. The molecule has 1 aromatic heterocycles. The molecule has 0 atom stereocenters. The van der Waals surface area contributed by atoms with Crippen LogP contribution >= 0.6 is 11.6 Å². The third kappa shape index (κ3) is 3.53. The number of hydrogen-bond acceptors (Lipinski definition) is 3. The molecule has 0 aliphatic heterocycles. The molecule has 7 heteroatoms. The molecule has 0 saturated carbocycles. The minimum atomic E-state index is -0.521. The zero-order valence-electron chi connectivity index (χ0n) is 12.9. The summed E-state index contributed by atoms with van der Waals surface area (Å²) in [5.41, 5.74) is 1.86. The fourth-order valence-corrected chi connectivity index (χ4v) is 2.49. The molecule has 2 aromatic rings. The smallest absolute Gasteiger partial charge is 0.355 e. The lowest BCUT2D eigenvalue weighted by Crippen LogP contribution is -2.14. The second-order valence-corrected chi connectivity index (χ2v) is 5.33. The fraction of sp³-hybridized carbons (Fsp3) is 0.250. The van der Waals surface area contributed by atoms with Gasteiger partial charge in [-0.2, -0.15) is 0 Å². The van der Waals surface area contributed by atoms with Crippen molar-refractivity contribution in [2.75, 3.05) is 11.9 Å². The molecular formula is C16H16ClFN2O3. The number of hydrogen-bond donors (Lipinski definition) is 2. The maximum Gasteiger partial charge on any atom is 0.355 e. The average Bonchev–Trinajstić information content (AvgIpc) is 2.77. The van der Waals surface area contributed by atoms with Crippen molar-refractivity contribution in [3.63, 3.8) is 0 Å². The van der Waals surface area contributed by atoms with Gasteiger partial charge in [0.2, 0.25) is 0 Å². The first-order valence-corrected chi connectivity index (χ1v) is 7.35. The van der Waals surface area contributed by atoms with E-state index < -0.39 is 17.7 Å². The van der Waals surface area contributed by atoms with E-state index in [9.17, 15) is 14.0 Å². The molecule has 2 N–H and O–H groups in total. The van der Waals surface area contributed by atoms with Gasteiger partial charge in [-0.15, -0.1) is 0 Å². The molecule has 1 amide bonds. The van der Waals surface area contributed by atoms with E-state index in [1.165, 1.54) is 12.1 Å². The van der Waals surface area contributed by atoms with Crippen molar-refractivity contribution in [3.05, 3.63) is 51.6 Å². The Morgan fingerprint density at radius 3 is 2.65 bits per heavy atom. The molecule has 122 valence electrons. The summed E-state index contributed by atoms with van der Waals surface area (Å²) in [6, 6.07) is 3.68. The molecule has 0 saturated heterocycles. The number of carbonyl (C=O) groups excluding carboxylic acids is 2. The van der Waals surface area contributed by atoms with E-state index >= 15 is 0 Å². The van der Waals surface area contributed by atoms with E-state index in [1.807, 2.05) is 0 Å². The van der Waals surface area contributed by atoms with Gasteiger partial charge in [-0.05, 0) is 44.5 Å². The summed E-state index contributed by atoms with van der Waals surface area (Å²) >= 11 is 5.90. The molecule has 23 heavy (non-hydrogen) atoms. The minimum Gasteiger partial charge on any atom is -0.461 e. The first kappa shape index (κ1) is 17.0. The number of aryl methyl sites for hydroxylation is 1. The van der Waals surface area contributed by atoms with Crippen LogP contribution in [0, 0.1) is 19.7 Å². The van der Waals surface area contributed by atoms with E-state index in [0.717, 1.165) is 6.07 Å². The number of carbonyl (C=O) groups is 2. The number of aromatic nitrogens is 1. The summed E-state index contributed by atoms with van der Waals surface area (Å²) in [7, 11) is 0. The SMILES string of the molecule is CCOC(=O)c1[nH]c(C)c(C(=O)Nc2ccc(F)cc2Cl)c1C. The van der Waals surface area contributed by atoms with E-state index in [-0.39, 0.29) is 23.0 Å². The normalized spacial score (nSPS) is 10.5. The summed E-state index contributed by atoms with van der Waals surface area (Å²) in [6.07, 6.45) is 0. The predicted octanol–water partition coefficient (Wildman–Crippen LogP) is 3.85. The Labute approximate surface area is 137 Å². The van der Waals surface area contributed by atoms with Crippen molar-refractivity contribution >= 4 is 29.2 Å². The second-order valence-electron chi connectivity index (χ2n) is 4.92. The third-order valence-corrected chi connectivity index (χ3v) is 3.64. The highest BCUT2D eigenvalue weighted by Crippen LogP contribution is 2.25. The fourth-order valence-electron chi connectivity index (χ4n) is 2.27. The van der Waals surface area contributed by atoms with Crippen LogP contribution in [0.3, 0.4) is 0 Å². The van der Waals surface area contributed by atoms with Gasteiger partial charge >= 0.3 is 5.97 Å². The average molecular weight is 339 g/mol. The topological polar surface area (TPSA) is 71.2 Å². The summed E-state index contributed by atoms with van der Waals surface area (Å²) in [5, 5.41) is 2.70. The molecule has 0 aliphatic carbocycles. The van der Waals surface area contributed by atoms with E-state index in [1.54, 1.807) is 20.8 Å². The number of rotatable bonds is 4. The Kier molecular flexibility index (Phi) is 5.05. The number of H-pyrrole nitrogens is 1. The third-order valence-electron chi connectivity index (χ3n) is 3.32. The summed E-state index contributed by atoms with van der Waals surface area (Å²) < 4.78 is 18.0. The quantitative estimate of drug-likeness (QED) is 0.832. The van der Waals surface area contributed by atoms with Gasteiger partial charge in [0.05, 0.1) is 22.9 Å². The van der Waals surface area contributed by atoms with Gasteiger partial charge in [0, 0.05) is 5.69 Å². The molecule has 0 aliphatic rings. The number of esters is 1. The summed E-state index contributed by atoms with van der Waals surface area (Å²) in [6.45, 7) is 5.27. The van der Waals surface area contributed by atoms with Crippen molar-refractivity contribution < 1.29 is 18.7 Å². The standard InChI is InChI=1S/C16H16ClFN2O3/c1-4-23-16(22)14-8(2)13(9(3)19-14)15(21)20-12-6-5-10(18)7-11(12)17/h5-7,19H,4H2,1-3H3,(H,20,21). The lowest BCUT2D eigenvalue weighted by atomic mass is 10.1. The number of aromatic amines is 1. The lowest BCUT2D eigenvalue weighted by molar-refractivity contribution is 0.0519. The predicted molar refractivity (Wildman–Crippen MR) is 85.6 cm³/mol.